The molecule has 0 saturated carbocycles. The quantitative estimate of drug-likeness (QED) is 0.854. The molecule has 1 aromatic rings. The lowest BCUT2D eigenvalue weighted by Gasteiger charge is -2.13. The maximum absolute atomic E-state index is 11.6. The molecule has 1 aromatic heterocycles. The summed E-state index contributed by atoms with van der Waals surface area (Å²) in [4.78, 5) is 11.6. The zero-order valence-electron chi connectivity index (χ0n) is 10.6. The van der Waals surface area contributed by atoms with Crippen molar-refractivity contribution in [1.29, 1.82) is 0 Å². The Balaban J connectivity index is 1.92. The first-order valence-electron chi connectivity index (χ1n) is 6.32. The average Bonchev–Trinajstić information content (AvgIpc) is 2.40. The van der Waals surface area contributed by atoms with Crippen LogP contribution in [0.4, 0.5) is 5.69 Å². The van der Waals surface area contributed by atoms with Gasteiger partial charge in [-0.1, -0.05) is 23.3 Å². The second-order valence-electron chi connectivity index (χ2n) is 4.59. The van der Waals surface area contributed by atoms with Crippen LogP contribution in [-0.2, 0) is 7.05 Å². The average molecular weight is 268 g/mol. The van der Waals surface area contributed by atoms with Gasteiger partial charge in [-0.15, -0.1) is 0 Å². The zero-order chi connectivity index (χ0) is 13.0. The Morgan fingerprint density at radius 1 is 1.50 bits per heavy atom. The minimum Gasteiger partial charge on any atom is -0.382 e. The van der Waals surface area contributed by atoms with E-state index in [1.54, 1.807) is 13.2 Å². The number of hydrogen-bond acceptors (Lipinski definition) is 3. The number of rotatable bonds is 4. The van der Waals surface area contributed by atoms with Crippen LogP contribution >= 0.6 is 11.6 Å². The molecule has 1 heterocycles. The van der Waals surface area contributed by atoms with E-state index >= 15 is 0 Å². The fraction of sp³-hybridized carbons (Fsp3) is 0.538. The van der Waals surface area contributed by atoms with Crippen LogP contribution in [0, 0.1) is 0 Å². The lowest BCUT2D eigenvalue weighted by Crippen LogP contribution is -2.21. The van der Waals surface area contributed by atoms with Gasteiger partial charge < -0.3 is 5.32 Å². The first kappa shape index (κ1) is 13.1. The molecule has 0 spiro atoms. The monoisotopic (exact) mass is 267 g/mol. The molecule has 1 N–H and O–H groups in total. The Bertz CT molecular complexity index is 507. The molecule has 18 heavy (non-hydrogen) atoms. The fourth-order valence-electron chi connectivity index (χ4n) is 2.12. The largest absolute Gasteiger partial charge is 0.382 e. The molecular weight excluding hydrogens is 250 g/mol. The van der Waals surface area contributed by atoms with Crippen molar-refractivity contribution in [1.82, 2.24) is 9.78 Å². The highest BCUT2D eigenvalue weighted by molar-refractivity contribution is 6.32. The van der Waals surface area contributed by atoms with Gasteiger partial charge in [0.1, 0.15) is 5.02 Å². The van der Waals surface area contributed by atoms with Crippen molar-refractivity contribution >= 4 is 17.3 Å². The van der Waals surface area contributed by atoms with Crippen molar-refractivity contribution < 1.29 is 0 Å². The number of allylic oxidation sites excluding steroid dienone is 1. The van der Waals surface area contributed by atoms with E-state index in [-0.39, 0.29) is 10.6 Å². The SMILES string of the molecule is Cn1ncc(NCCC2=CCCCC2)c(Cl)c1=O. The summed E-state index contributed by atoms with van der Waals surface area (Å²) in [6.07, 6.45) is 9.93. The molecule has 2 rings (SSSR count). The standard InChI is InChI=1S/C13H18ClN3O/c1-17-13(18)12(14)11(9-16-17)15-8-7-10-5-3-2-4-6-10/h5,9,15H,2-4,6-8H2,1H3. The molecule has 0 bridgehead atoms. The Morgan fingerprint density at radius 2 is 2.33 bits per heavy atom. The van der Waals surface area contributed by atoms with Crippen LogP contribution in [0.1, 0.15) is 32.1 Å². The third-order valence-corrected chi connectivity index (χ3v) is 3.59. The lowest BCUT2D eigenvalue weighted by atomic mass is 9.97. The summed E-state index contributed by atoms with van der Waals surface area (Å²) < 4.78 is 1.23. The summed E-state index contributed by atoms with van der Waals surface area (Å²) in [5.74, 6) is 0. The van der Waals surface area contributed by atoms with Crippen molar-refractivity contribution in [2.45, 2.75) is 32.1 Å². The molecule has 0 fully saturated rings. The van der Waals surface area contributed by atoms with E-state index in [0.29, 0.717) is 5.69 Å². The van der Waals surface area contributed by atoms with Crippen molar-refractivity contribution in [3.8, 4) is 0 Å². The summed E-state index contributed by atoms with van der Waals surface area (Å²) in [6, 6.07) is 0. The topological polar surface area (TPSA) is 46.9 Å². The minimum atomic E-state index is -0.265. The van der Waals surface area contributed by atoms with Crippen molar-refractivity contribution in [3.63, 3.8) is 0 Å². The number of halogens is 1. The van der Waals surface area contributed by atoms with Gasteiger partial charge in [-0.3, -0.25) is 4.79 Å². The molecule has 0 radical (unpaired) electrons. The molecule has 1 aliphatic rings. The van der Waals surface area contributed by atoms with Crippen molar-refractivity contribution in [2.75, 3.05) is 11.9 Å². The van der Waals surface area contributed by atoms with E-state index in [0.717, 1.165) is 13.0 Å². The third-order valence-electron chi connectivity index (χ3n) is 3.22. The number of aryl methyl sites for hydroxylation is 1. The van der Waals surface area contributed by atoms with E-state index in [1.165, 1.54) is 35.9 Å². The number of hydrogen-bond donors (Lipinski definition) is 1. The predicted molar refractivity (Wildman–Crippen MR) is 74.1 cm³/mol. The van der Waals surface area contributed by atoms with Gasteiger partial charge >= 0.3 is 0 Å². The summed E-state index contributed by atoms with van der Waals surface area (Å²) >= 11 is 5.97. The van der Waals surface area contributed by atoms with Crippen LogP contribution < -0.4 is 10.9 Å². The molecule has 5 heteroatoms. The second-order valence-corrected chi connectivity index (χ2v) is 4.96. The highest BCUT2D eigenvalue weighted by Gasteiger charge is 2.07. The third kappa shape index (κ3) is 3.13. The highest BCUT2D eigenvalue weighted by Crippen LogP contribution is 2.21. The zero-order valence-corrected chi connectivity index (χ0v) is 11.3. The highest BCUT2D eigenvalue weighted by atomic mass is 35.5. The minimum absolute atomic E-state index is 0.213. The van der Waals surface area contributed by atoms with Crippen LogP contribution in [0.15, 0.2) is 22.6 Å². The summed E-state index contributed by atoms with van der Waals surface area (Å²) in [5.41, 5.74) is 1.86. The molecule has 0 amide bonds. The van der Waals surface area contributed by atoms with E-state index < -0.39 is 0 Å². The Hall–Kier alpha value is -1.29. The molecule has 1 aliphatic carbocycles. The normalized spacial score (nSPS) is 15.3. The Kier molecular flexibility index (Phi) is 4.42. The first-order valence-corrected chi connectivity index (χ1v) is 6.70. The number of anilines is 1. The number of aromatic nitrogens is 2. The van der Waals surface area contributed by atoms with Gasteiger partial charge in [-0.2, -0.15) is 5.10 Å². The molecule has 0 aromatic carbocycles. The molecule has 0 unspecified atom stereocenters. The van der Waals surface area contributed by atoms with Crippen molar-refractivity contribution in [2.24, 2.45) is 7.05 Å². The molecule has 0 aliphatic heterocycles. The maximum atomic E-state index is 11.6. The van der Waals surface area contributed by atoms with Gasteiger partial charge in [0.05, 0.1) is 11.9 Å². The lowest BCUT2D eigenvalue weighted by molar-refractivity contribution is 0.678. The fourth-order valence-corrected chi connectivity index (χ4v) is 2.36. The van der Waals surface area contributed by atoms with Crippen LogP contribution in [-0.4, -0.2) is 16.3 Å². The summed E-state index contributed by atoms with van der Waals surface area (Å²) in [5, 5.41) is 7.34. The van der Waals surface area contributed by atoms with E-state index in [9.17, 15) is 4.79 Å². The van der Waals surface area contributed by atoms with Gasteiger partial charge in [0, 0.05) is 13.6 Å². The number of nitrogens with zero attached hydrogens (tertiary/aromatic N) is 2. The van der Waals surface area contributed by atoms with Crippen LogP contribution in [0.3, 0.4) is 0 Å². The van der Waals surface area contributed by atoms with E-state index in [4.69, 9.17) is 11.6 Å². The van der Waals surface area contributed by atoms with Gasteiger partial charge in [0.15, 0.2) is 0 Å². The molecule has 0 saturated heterocycles. The van der Waals surface area contributed by atoms with Gasteiger partial charge in [-0.25, -0.2) is 4.68 Å². The van der Waals surface area contributed by atoms with Gasteiger partial charge in [-0.05, 0) is 32.1 Å². The van der Waals surface area contributed by atoms with Crippen LogP contribution in [0.25, 0.3) is 0 Å². The smallest absolute Gasteiger partial charge is 0.287 e. The number of nitrogens with one attached hydrogen (secondary N) is 1. The van der Waals surface area contributed by atoms with Crippen LogP contribution in [0.5, 0.6) is 0 Å². The Labute approximate surface area is 112 Å². The van der Waals surface area contributed by atoms with Gasteiger partial charge in [0.25, 0.3) is 5.56 Å². The summed E-state index contributed by atoms with van der Waals surface area (Å²) in [7, 11) is 1.59. The Morgan fingerprint density at radius 3 is 3.06 bits per heavy atom. The van der Waals surface area contributed by atoms with Gasteiger partial charge in [0.2, 0.25) is 0 Å². The molecule has 4 nitrogen and oxygen atoms in total. The summed E-state index contributed by atoms with van der Waals surface area (Å²) in [6.45, 7) is 0.792. The van der Waals surface area contributed by atoms with Crippen LogP contribution in [0.2, 0.25) is 5.02 Å². The predicted octanol–water partition coefficient (Wildman–Crippen LogP) is 2.74. The van der Waals surface area contributed by atoms with E-state index in [1.807, 2.05) is 0 Å². The van der Waals surface area contributed by atoms with Crippen molar-refractivity contribution in [3.05, 3.63) is 33.2 Å². The maximum Gasteiger partial charge on any atom is 0.287 e. The first-order chi connectivity index (χ1) is 8.68. The molecule has 98 valence electrons. The second kappa shape index (κ2) is 6.05. The molecule has 0 atom stereocenters. The molecular formula is C13H18ClN3O. The van der Waals surface area contributed by atoms with E-state index in [2.05, 4.69) is 16.5 Å².